The lowest BCUT2D eigenvalue weighted by Gasteiger charge is -2.29. The zero-order valence-corrected chi connectivity index (χ0v) is 11.4. The number of carbonyl (C=O) groups excluding carboxylic acids is 1. The fourth-order valence-electron chi connectivity index (χ4n) is 2.20. The fourth-order valence-corrected chi connectivity index (χ4v) is 2.79. The maximum absolute atomic E-state index is 12.0. The number of rotatable bonds is 5. The van der Waals surface area contributed by atoms with Crippen molar-refractivity contribution < 1.29 is 4.79 Å². The van der Waals surface area contributed by atoms with Gasteiger partial charge in [0.15, 0.2) is 0 Å². The van der Waals surface area contributed by atoms with Gasteiger partial charge < -0.3 is 10.6 Å². The number of piperidine rings is 1. The van der Waals surface area contributed by atoms with Crippen LogP contribution in [0.25, 0.3) is 0 Å². The van der Waals surface area contributed by atoms with Gasteiger partial charge in [0.1, 0.15) is 0 Å². The largest absolute Gasteiger partial charge is 0.351 e. The summed E-state index contributed by atoms with van der Waals surface area (Å²) in [5, 5.41) is 6.38. The second-order valence-corrected chi connectivity index (χ2v) is 5.58. The van der Waals surface area contributed by atoms with E-state index in [1.165, 1.54) is 12.8 Å². The summed E-state index contributed by atoms with van der Waals surface area (Å²) in [6, 6.07) is 0.300. The minimum absolute atomic E-state index is 0.0306. The lowest BCUT2D eigenvalue weighted by atomic mass is 9.90. The minimum Gasteiger partial charge on any atom is -0.351 e. The second kappa shape index (κ2) is 7.17. The molecule has 2 N–H and O–H groups in total. The molecule has 1 rings (SSSR count). The van der Waals surface area contributed by atoms with Gasteiger partial charge in [-0.25, -0.2) is 0 Å². The first-order valence-electron chi connectivity index (χ1n) is 6.20. The molecule has 1 fully saturated rings. The molecule has 3 unspecified atom stereocenters. The predicted molar refractivity (Wildman–Crippen MR) is 70.8 cm³/mol. The third-order valence-electron chi connectivity index (χ3n) is 3.21. The molecule has 3 nitrogen and oxygen atoms in total. The van der Waals surface area contributed by atoms with E-state index in [9.17, 15) is 4.79 Å². The highest BCUT2D eigenvalue weighted by Crippen LogP contribution is 2.19. The van der Waals surface area contributed by atoms with Crippen LogP contribution in [-0.4, -0.2) is 36.5 Å². The number of thioether (sulfide) groups is 1. The van der Waals surface area contributed by atoms with Crippen molar-refractivity contribution in [3.8, 4) is 0 Å². The SMILES string of the molecule is CCC1CCNC(C(=O)NC(C)CSC)C1. The van der Waals surface area contributed by atoms with E-state index in [0.717, 1.165) is 18.7 Å². The molecule has 3 atom stereocenters. The number of carbonyl (C=O) groups is 1. The van der Waals surface area contributed by atoms with Gasteiger partial charge in [-0.1, -0.05) is 13.3 Å². The van der Waals surface area contributed by atoms with Crippen LogP contribution < -0.4 is 10.6 Å². The van der Waals surface area contributed by atoms with Crippen molar-refractivity contribution in [2.75, 3.05) is 18.6 Å². The molecule has 1 amide bonds. The molecule has 4 heteroatoms. The van der Waals surface area contributed by atoms with Crippen molar-refractivity contribution >= 4 is 17.7 Å². The van der Waals surface area contributed by atoms with Crippen LogP contribution in [0.3, 0.4) is 0 Å². The fraction of sp³-hybridized carbons (Fsp3) is 0.917. The Morgan fingerprint density at radius 3 is 3.00 bits per heavy atom. The van der Waals surface area contributed by atoms with Gasteiger partial charge in [-0.3, -0.25) is 4.79 Å². The van der Waals surface area contributed by atoms with Crippen molar-refractivity contribution in [3.63, 3.8) is 0 Å². The third kappa shape index (κ3) is 4.34. The van der Waals surface area contributed by atoms with E-state index in [1.54, 1.807) is 11.8 Å². The second-order valence-electron chi connectivity index (χ2n) is 4.67. The highest BCUT2D eigenvalue weighted by atomic mass is 32.2. The van der Waals surface area contributed by atoms with Crippen LogP contribution in [0.4, 0.5) is 0 Å². The van der Waals surface area contributed by atoms with Gasteiger partial charge in [-0.15, -0.1) is 0 Å². The summed E-state index contributed by atoms with van der Waals surface area (Å²) in [5.74, 6) is 1.88. The molecule has 0 radical (unpaired) electrons. The molecule has 94 valence electrons. The Morgan fingerprint density at radius 1 is 1.62 bits per heavy atom. The highest BCUT2D eigenvalue weighted by molar-refractivity contribution is 7.98. The van der Waals surface area contributed by atoms with E-state index in [1.807, 2.05) is 0 Å². The van der Waals surface area contributed by atoms with Crippen molar-refractivity contribution in [1.82, 2.24) is 10.6 Å². The Hall–Kier alpha value is -0.220. The maximum atomic E-state index is 12.0. The average Bonchev–Trinajstić information content (AvgIpc) is 2.29. The summed E-state index contributed by atoms with van der Waals surface area (Å²) in [7, 11) is 0. The third-order valence-corrected chi connectivity index (χ3v) is 4.04. The molecule has 0 aliphatic carbocycles. The lowest BCUT2D eigenvalue weighted by molar-refractivity contribution is -0.124. The van der Waals surface area contributed by atoms with Gasteiger partial charge in [-0.05, 0) is 38.5 Å². The molecule has 0 spiro atoms. The highest BCUT2D eigenvalue weighted by Gasteiger charge is 2.26. The minimum atomic E-state index is 0.0306. The van der Waals surface area contributed by atoms with Crippen LogP contribution in [0.15, 0.2) is 0 Å². The van der Waals surface area contributed by atoms with E-state index in [2.05, 4.69) is 30.7 Å². The molecule has 0 aromatic rings. The molecule has 0 aromatic carbocycles. The van der Waals surface area contributed by atoms with Crippen molar-refractivity contribution in [3.05, 3.63) is 0 Å². The van der Waals surface area contributed by atoms with Crippen LogP contribution in [0.1, 0.15) is 33.1 Å². The molecule has 16 heavy (non-hydrogen) atoms. The van der Waals surface area contributed by atoms with Gasteiger partial charge in [0.2, 0.25) is 5.91 Å². The number of amides is 1. The van der Waals surface area contributed by atoms with Gasteiger partial charge in [0.05, 0.1) is 6.04 Å². The molecule has 0 aromatic heterocycles. The molecule has 1 saturated heterocycles. The van der Waals surface area contributed by atoms with Gasteiger partial charge in [-0.2, -0.15) is 11.8 Å². The van der Waals surface area contributed by atoms with E-state index in [0.29, 0.717) is 5.92 Å². The molecular weight excluding hydrogens is 220 g/mol. The van der Waals surface area contributed by atoms with E-state index in [4.69, 9.17) is 0 Å². The summed E-state index contributed by atoms with van der Waals surface area (Å²) in [5.41, 5.74) is 0. The number of hydrogen-bond donors (Lipinski definition) is 2. The summed E-state index contributed by atoms with van der Waals surface area (Å²) < 4.78 is 0. The Kier molecular flexibility index (Phi) is 6.21. The lowest BCUT2D eigenvalue weighted by Crippen LogP contribution is -2.51. The summed E-state index contributed by atoms with van der Waals surface area (Å²) in [4.78, 5) is 12.0. The Labute approximate surface area is 103 Å². The molecule has 0 saturated carbocycles. The van der Waals surface area contributed by atoms with Crippen molar-refractivity contribution in [2.45, 2.75) is 45.2 Å². The van der Waals surface area contributed by atoms with E-state index in [-0.39, 0.29) is 18.0 Å². The number of hydrogen-bond acceptors (Lipinski definition) is 3. The van der Waals surface area contributed by atoms with Crippen LogP contribution in [0.2, 0.25) is 0 Å². The van der Waals surface area contributed by atoms with E-state index < -0.39 is 0 Å². The zero-order chi connectivity index (χ0) is 12.0. The smallest absolute Gasteiger partial charge is 0.237 e. The van der Waals surface area contributed by atoms with Crippen LogP contribution in [-0.2, 0) is 4.79 Å². The number of nitrogens with one attached hydrogen (secondary N) is 2. The summed E-state index contributed by atoms with van der Waals surface area (Å²) in [6.07, 6.45) is 5.45. The first-order valence-corrected chi connectivity index (χ1v) is 7.59. The molecule has 0 bridgehead atoms. The van der Waals surface area contributed by atoms with Gasteiger partial charge in [0.25, 0.3) is 0 Å². The monoisotopic (exact) mass is 244 g/mol. The first kappa shape index (κ1) is 13.8. The molecule has 1 aliphatic heterocycles. The van der Waals surface area contributed by atoms with E-state index >= 15 is 0 Å². The van der Waals surface area contributed by atoms with Gasteiger partial charge >= 0.3 is 0 Å². The topological polar surface area (TPSA) is 41.1 Å². The molecule has 1 aliphatic rings. The Bertz CT molecular complexity index is 223. The standard InChI is InChI=1S/C12H24N2OS/c1-4-10-5-6-13-11(7-10)12(15)14-9(2)8-16-3/h9-11,13H,4-8H2,1-3H3,(H,14,15). The first-order chi connectivity index (χ1) is 7.67. The molecule has 1 heterocycles. The average molecular weight is 244 g/mol. The predicted octanol–water partition coefficient (Wildman–Crippen LogP) is 1.63. The summed E-state index contributed by atoms with van der Waals surface area (Å²) >= 11 is 1.77. The quantitative estimate of drug-likeness (QED) is 0.772. The van der Waals surface area contributed by atoms with Crippen molar-refractivity contribution in [1.29, 1.82) is 0 Å². The Morgan fingerprint density at radius 2 is 2.38 bits per heavy atom. The normalized spacial score (nSPS) is 27.4. The van der Waals surface area contributed by atoms with Gasteiger partial charge in [0, 0.05) is 11.8 Å². The zero-order valence-electron chi connectivity index (χ0n) is 10.6. The molecular formula is C12H24N2OS. The van der Waals surface area contributed by atoms with Crippen LogP contribution in [0.5, 0.6) is 0 Å². The maximum Gasteiger partial charge on any atom is 0.237 e. The van der Waals surface area contributed by atoms with Crippen molar-refractivity contribution in [2.24, 2.45) is 5.92 Å². The Balaban J connectivity index is 2.35. The van der Waals surface area contributed by atoms with Crippen LogP contribution in [0, 0.1) is 5.92 Å². The summed E-state index contributed by atoms with van der Waals surface area (Å²) in [6.45, 7) is 5.25. The van der Waals surface area contributed by atoms with Crippen LogP contribution >= 0.6 is 11.8 Å².